The lowest BCUT2D eigenvalue weighted by Gasteiger charge is -2.27. The lowest BCUT2D eigenvalue weighted by Crippen LogP contribution is -2.35. The molecule has 0 aliphatic rings. The van der Waals surface area contributed by atoms with Crippen molar-refractivity contribution < 1.29 is 18.8 Å². The predicted octanol–water partition coefficient (Wildman–Crippen LogP) is 2.56. The minimum absolute atomic E-state index is 0.103. The maximum atomic E-state index is 12.8. The summed E-state index contributed by atoms with van der Waals surface area (Å²) in [6.07, 6.45) is 1.18. The molecule has 0 aliphatic carbocycles. The van der Waals surface area contributed by atoms with E-state index in [1.807, 2.05) is 13.8 Å². The third-order valence-electron chi connectivity index (χ3n) is 3.71. The number of carboxylic acids is 1. The van der Waals surface area contributed by atoms with Gasteiger partial charge in [-0.25, -0.2) is 9.37 Å². The fraction of sp³-hybridized carbons (Fsp3) is 0.429. The molecule has 1 atom stereocenters. The third-order valence-corrected chi connectivity index (χ3v) is 3.71. The van der Waals surface area contributed by atoms with Gasteiger partial charge < -0.3 is 9.63 Å². The van der Waals surface area contributed by atoms with Crippen LogP contribution in [0, 0.1) is 17.2 Å². The maximum Gasteiger partial charge on any atom is 0.310 e. The normalized spacial score (nSPS) is 14.1. The molecular formula is C14H16FN3O3. The molecule has 0 radical (unpaired) electrons. The van der Waals surface area contributed by atoms with Crippen molar-refractivity contribution in [1.29, 1.82) is 0 Å². The van der Waals surface area contributed by atoms with Gasteiger partial charge in [-0.05, 0) is 25.0 Å². The van der Waals surface area contributed by atoms with Gasteiger partial charge in [0, 0.05) is 6.42 Å². The number of nitrogens with zero attached hydrogens (tertiary/aromatic N) is 3. The second kappa shape index (κ2) is 5.59. The standard InChI is InChI=1S/C14H16FN3O3/c1-8(2)14(3,13(19)20)6-11-17-12(18-21-11)10-5-4-9(15)7-16-10/h4-5,7-8H,6H2,1-3H3,(H,19,20). The molecule has 21 heavy (non-hydrogen) atoms. The highest BCUT2D eigenvalue weighted by atomic mass is 19.1. The van der Waals surface area contributed by atoms with Gasteiger partial charge in [0.2, 0.25) is 11.7 Å². The number of rotatable bonds is 5. The van der Waals surface area contributed by atoms with Gasteiger partial charge in [0.25, 0.3) is 0 Å². The summed E-state index contributed by atoms with van der Waals surface area (Å²) in [5.74, 6) is -1.05. The van der Waals surface area contributed by atoms with Crippen molar-refractivity contribution in [1.82, 2.24) is 15.1 Å². The number of pyridine rings is 1. The van der Waals surface area contributed by atoms with Crippen LogP contribution in [0.1, 0.15) is 26.7 Å². The van der Waals surface area contributed by atoms with Gasteiger partial charge in [-0.15, -0.1) is 0 Å². The van der Waals surface area contributed by atoms with Crippen LogP contribution in [0.3, 0.4) is 0 Å². The van der Waals surface area contributed by atoms with E-state index in [-0.39, 0.29) is 24.1 Å². The summed E-state index contributed by atoms with van der Waals surface area (Å²) in [6, 6.07) is 2.68. The van der Waals surface area contributed by atoms with Gasteiger partial charge in [0.15, 0.2) is 0 Å². The monoisotopic (exact) mass is 293 g/mol. The van der Waals surface area contributed by atoms with E-state index in [0.717, 1.165) is 6.20 Å². The lowest BCUT2D eigenvalue weighted by molar-refractivity contribution is -0.150. The fourth-order valence-corrected chi connectivity index (χ4v) is 1.78. The van der Waals surface area contributed by atoms with Gasteiger partial charge in [-0.3, -0.25) is 4.79 Å². The number of halogens is 1. The van der Waals surface area contributed by atoms with Crippen molar-refractivity contribution in [2.75, 3.05) is 0 Å². The van der Waals surface area contributed by atoms with Crippen molar-refractivity contribution in [3.05, 3.63) is 30.0 Å². The molecule has 0 aromatic carbocycles. The van der Waals surface area contributed by atoms with Gasteiger partial charge in [-0.2, -0.15) is 4.98 Å². The average molecular weight is 293 g/mol. The Morgan fingerprint density at radius 2 is 2.19 bits per heavy atom. The summed E-state index contributed by atoms with van der Waals surface area (Å²) in [6.45, 7) is 5.29. The molecule has 0 spiro atoms. The Morgan fingerprint density at radius 3 is 2.71 bits per heavy atom. The van der Waals surface area contributed by atoms with E-state index < -0.39 is 17.2 Å². The minimum Gasteiger partial charge on any atom is -0.481 e. The number of aliphatic carboxylic acids is 1. The Hall–Kier alpha value is -2.31. The molecule has 7 heteroatoms. The first-order valence-corrected chi connectivity index (χ1v) is 6.51. The highest BCUT2D eigenvalue weighted by molar-refractivity contribution is 5.74. The maximum absolute atomic E-state index is 12.8. The molecule has 112 valence electrons. The summed E-state index contributed by atoms with van der Waals surface area (Å²) in [5, 5.41) is 13.1. The van der Waals surface area contributed by atoms with Crippen LogP contribution >= 0.6 is 0 Å². The average Bonchev–Trinajstić information content (AvgIpc) is 2.87. The summed E-state index contributed by atoms with van der Waals surface area (Å²) in [4.78, 5) is 19.4. The van der Waals surface area contributed by atoms with Crippen LogP contribution in [-0.2, 0) is 11.2 Å². The highest BCUT2D eigenvalue weighted by Crippen LogP contribution is 2.31. The van der Waals surface area contributed by atoms with E-state index in [0.29, 0.717) is 5.69 Å². The molecule has 1 unspecified atom stereocenters. The molecule has 2 aromatic heterocycles. The van der Waals surface area contributed by atoms with Crippen LogP contribution in [0.4, 0.5) is 4.39 Å². The minimum atomic E-state index is -1.000. The van der Waals surface area contributed by atoms with E-state index in [1.54, 1.807) is 6.92 Å². The Balaban J connectivity index is 2.24. The first-order valence-electron chi connectivity index (χ1n) is 6.51. The van der Waals surface area contributed by atoms with Crippen LogP contribution < -0.4 is 0 Å². The van der Waals surface area contributed by atoms with E-state index in [2.05, 4.69) is 15.1 Å². The molecule has 6 nitrogen and oxygen atoms in total. The number of carboxylic acid groups (broad SMARTS) is 1. The second-order valence-electron chi connectivity index (χ2n) is 5.43. The first kappa shape index (κ1) is 15.1. The number of hydrogen-bond donors (Lipinski definition) is 1. The van der Waals surface area contributed by atoms with Crippen LogP contribution in [-0.4, -0.2) is 26.2 Å². The van der Waals surface area contributed by atoms with Crippen molar-refractivity contribution in [3.8, 4) is 11.5 Å². The topological polar surface area (TPSA) is 89.1 Å². The summed E-state index contributed by atoms with van der Waals surface area (Å²) in [5.41, 5.74) is -0.631. The molecule has 0 fully saturated rings. The number of carbonyl (C=O) groups is 1. The smallest absolute Gasteiger partial charge is 0.310 e. The van der Waals surface area contributed by atoms with Crippen molar-refractivity contribution >= 4 is 5.97 Å². The highest BCUT2D eigenvalue weighted by Gasteiger charge is 2.38. The molecule has 2 rings (SSSR count). The summed E-state index contributed by atoms with van der Waals surface area (Å²) >= 11 is 0. The van der Waals surface area contributed by atoms with Crippen LogP contribution in [0.15, 0.2) is 22.9 Å². The molecule has 0 amide bonds. The van der Waals surface area contributed by atoms with Crippen molar-refractivity contribution in [2.45, 2.75) is 27.2 Å². The largest absolute Gasteiger partial charge is 0.481 e. The Bertz CT molecular complexity index is 639. The Kier molecular flexibility index (Phi) is 4.02. The molecule has 0 saturated heterocycles. The molecular weight excluding hydrogens is 277 g/mol. The summed E-state index contributed by atoms with van der Waals surface area (Å²) in [7, 11) is 0. The SMILES string of the molecule is CC(C)C(C)(Cc1nc(-c2ccc(F)cn2)no1)C(=O)O. The Morgan fingerprint density at radius 1 is 1.48 bits per heavy atom. The zero-order chi connectivity index (χ0) is 15.6. The summed E-state index contributed by atoms with van der Waals surface area (Å²) < 4.78 is 17.9. The molecule has 0 saturated carbocycles. The Labute approximate surface area is 121 Å². The third kappa shape index (κ3) is 3.07. The van der Waals surface area contributed by atoms with E-state index in [4.69, 9.17) is 4.52 Å². The zero-order valence-corrected chi connectivity index (χ0v) is 12.0. The van der Waals surface area contributed by atoms with Gasteiger partial charge >= 0.3 is 5.97 Å². The number of aromatic nitrogens is 3. The van der Waals surface area contributed by atoms with Gasteiger partial charge in [0.05, 0.1) is 11.6 Å². The molecule has 0 aliphatic heterocycles. The molecule has 2 aromatic rings. The quantitative estimate of drug-likeness (QED) is 0.911. The van der Waals surface area contributed by atoms with Crippen molar-refractivity contribution in [2.24, 2.45) is 11.3 Å². The number of hydrogen-bond acceptors (Lipinski definition) is 5. The van der Waals surface area contributed by atoms with E-state index in [1.165, 1.54) is 12.1 Å². The van der Waals surface area contributed by atoms with Crippen LogP contribution in [0.5, 0.6) is 0 Å². The lowest BCUT2D eigenvalue weighted by atomic mass is 9.76. The zero-order valence-electron chi connectivity index (χ0n) is 12.0. The van der Waals surface area contributed by atoms with Crippen molar-refractivity contribution in [3.63, 3.8) is 0 Å². The second-order valence-corrected chi connectivity index (χ2v) is 5.43. The molecule has 0 bridgehead atoms. The van der Waals surface area contributed by atoms with E-state index in [9.17, 15) is 14.3 Å². The predicted molar refractivity (Wildman–Crippen MR) is 71.8 cm³/mol. The van der Waals surface area contributed by atoms with Gasteiger partial charge in [-0.1, -0.05) is 19.0 Å². The fourth-order valence-electron chi connectivity index (χ4n) is 1.78. The van der Waals surface area contributed by atoms with Crippen LogP contribution in [0.25, 0.3) is 11.5 Å². The molecule has 2 heterocycles. The van der Waals surface area contributed by atoms with E-state index >= 15 is 0 Å². The van der Waals surface area contributed by atoms with Crippen LogP contribution in [0.2, 0.25) is 0 Å². The van der Waals surface area contributed by atoms with Gasteiger partial charge in [0.1, 0.15) is 11.5 Å². The molecule has 1 N–H and O–H groups in total. The first-order chi connectivity index (χ1) is 9.83.